The van der Waals surface area contributed by atoms with Gasteiger partial charge in [0.2, 0.25) is 0 Å². The minimum absolute atomic E-state index is 0.171. The molecular formula is C13H26N2O. The molecule has 1 saturated heterocycles. The SMILES string of the molecule is CCN(CCC1(N)CCC1)CC1CCCO1. The maximum atomic E-state index is 6.26. The molecule has 0 spiro atoms. The lowest BCUT2D eigenvalue weighted by molar-refractivity contribution is 0.0692. The Labute approximate surface area is 99.3 Å². The fourth-order valence-electron chi connectivity index (χ4n) is 2.72. The summed E-state index contributed by atoms with van der Waals surface area (Å²) in [7, 11) is 0. The van der Waals surface area contributed by atoms with Gasteiger partial charge in [0, 0.05) is 18.7 Å². The van der Waals surface area contributed by atoms with Crippen molar-refractivity contribution in [2.24, 2.45) is 5.73 Å². The van der Waals surface area contributed by atoms with Gasteiger partial charge in [-0.25, -0.2) is 0 Å². The van der Waals surface area contributed by atoms with Gasteiger partial charge in [-0.05, 0) is 51.6 Å². The summed E-state index contributed by atoms with van der Waals surface area (Å²) >= 11 is 0. The molecule has 1 atom stereocenters. The third kappa shape index (κ3) is 3.19. The first-order chi connectivity index (χ1) is 7.72. The molecule has 0 aromatic rings. The molecule has 94 valence electrons. The van der Waals surface area contributed by atoms with Crippen molar-refractivity contribution >= 4 is 0 Å². The van der Waals surface area contributed by atoms with Crippen LogP contribution in [0.15, 0.2) is 0 Å². The summed E-state index contributed by atoms with van der Waals surface area (Å²) in [4.78, 5) is 2.50. The van der Waals surface area contributed by atoms with E-state index in [0.717, 1.165) is 32.7 Å². The molecule has 0 amide bonds. The highest BCUT2D eigenvalue weighted by atomic mass is 16.5. The van der Waals surface area contributed by atoms with Crippen LogP contribution in [0.5, 0.6) is 0 Å². The van der Waals surface area contributed by atoms with Gasteiger partial charge in [-0.2, -0.15) is 0 Å². The first kappa shape index (κ1) is 12.3. The van der Waals surface area contributed by atoms with Gasteiger partial charge in [-0.15, -0.1) is 0 Å². The molecule has 2 N–H and O–H groups in total. The number of likely N-dealkylation sites (N-methyl/N-ethyl adjacent to an activating group) is 1. The Hall–Kier alpha value is -0.120. The zero-order valence-corrected chi connectivity index (χ0v) is 10.6. The molecule has 1 aliphatic heterocycles. The van der Waals surface area contributed by atoms with Crippen LogP contribution in [0.2, 0.25) is 0 Å². The van der Waals surface area contributed by atoms with E-state index in [1.165, 1.54) is 32.1 Å². The summed E-state index contributed by atoms with van der Waals surface area (Å²) in [6.07, 6.45) is 7.90. The van der Waals surface area contributed by atoms with Crippen molar-refractivity contribution in [3.63, 3.8) is 0 Å². The summed E-state index contributed by atoms with van der Waals surface area (Å²) in [5.41, 5.74) is 6.43. The predicted octanol–water partition coefficient (Wildman–Crippen LogP) is 1.76. The molecule has 0 aromatic carbocycles. The average molecular weight is 226 g/mol. The normalized spacial score (nSPS) is 28.3. The van der Waals surface area contributed by atoms with Crippen LogP contribution in [0.1, 0.15) is 45.4 Å². The van der Waals surface area contributed by atoms with E-state index >= 15 is 0 Å². The van der Waals surface area contributed by atoms with Gasteiger partial charge in [0.15, 0.2) is 0 Å². The third-order valence-electron chi connectivity index (χ3n) is 4.21. The van der Waals surface area contributed by atoms with E-state index in [4.69, 9.17) is 10.5 Å². The molecule has 1 aliphatic carbocycles. The van der Waals surface area contributed by atoms with Crippen molar-refractivity contribution in [2.45, 2.75) is 57.1 Å². The maximum Gasteiger partial charge on any atom is 0.0702 e. The largest absolute Gasteiger partial charge is 0.377 e. The van der Waals surface area contributed by atoms with E-state index in [0.29, 0.717) is 6.10 Å². The number of nitrogens with zero attached hydrogens (tertiary/aromatic N) is 1. The van der Waals surface area contributed by atoms with Crippen molar-refractivity contribution in [1.82, 2.24) is 4.90 Å². The number of hydrogen-bond donors (Lipinski definition) is 1. The molecule has 1 saturated carbocycles. The van der Waals surface area contributed by atoms with Crippen LogP contribution >= 0.6 is 0 Å². The highest BCUT2D eigenvalue weighted by Gasteiger charge is 2.32. The van der Waals surface area contributed by atoms with Gasteiger partial charge in [0.1, 0.15) is 0 Å². The van der Waals surface area contributed by atoms with Crippen LogP contribution in [0, 0.1) is 0 Å². The van der Waals surface area contributed by atoms with Crippen molar-refractivity contribution in [3.05, 3.63) is 0 Å². The number of ether oxygens (including phenoxy) is 1. The molecule has 2 rings (SSSR count). The number of rotatable bonds is 6. The first-order valence-electron chi connectivity index (χ1n) is 6.85. The van der Waals surface area contributed by atoms with Crippen LogP contribution in [-0.2, 0) is 4.74 Å². The van der Waals surface area contributed by atoms with Gasteiger partial charge in [0.05, 0.1) is 6.10 Å². The van der Waals surface area contributed by atoms with Gasteiger partial charge >= 0.3 is 0 Å². The maximum absolute atomic E-state index is 6.26. The van der Waals surface area contributed by atoms with E-state index in [1.807, 2.05) is 0 Å². The average Bonchev–Trinajstić information content (AvgIpc) is 2.74. The van der Waals surface area contributed by atoms with Crippen LogP contribution in [0.3, 0.4) is 0 Å². The van der Waals surface area contributed by atoms with Gasteiger partial charge in [0.25, 0.3) is 0 Å². The van der Waals surface area contributed by atoms with Crippen LogP contribution in [0.25, 0.3) is 0 Å². The highest BCUT2D eigenvalue weighted by Crippen LogP contribution is 2.32. The molecule has 1 heterocycles. The molecule has 0 aromatic heterocycles. The summed E-state index contributed by atoms with van der Waals surface area (Å²) in [6, 6.07) is 0. The molecule has 0 bridgehead atoms. The summed E-state index contributed by atoms with van der Waals surface area (Å²) in [6.45, 7) is 6.57. The van der Waals surface area contributed by atoms with Gasteiger partial charge in [-0.1, -0.05) is 6.92 Å². The Morgan fingerprint density at radius 3 is 2.69 bits per heavy atom. The van der Waals surface area contributed by atoms with E-state index in [2.05, 4.69) is 11.8 Å². The summed E-state index contributed by atoms with van der Waals surface area (Å²) < 4.78 is 5.68. The molecule has 16 heavy (non-hydrogen) atoms. The molecule has 2 aliphatic rings. The lowest BCUT2D eigenvalue weighted by Gasteiger charge is -2.39. The van der Waals surface area contributed by atoms with Crippen molar-refractivity contribution < 1.29 is 4.74 Å². The first-order valence-corrected chi connectivity index (χ1v) is 6.85. The van der Waals surface area contributed by atoms with Crippen molar-refractivity contribution in [2.75, 3.05) is 26.2 Å². The quantitative estimate of drug-likeness (QED) is 0.750. The summed E-state index contributed by atoms with van der Waals surface area (Å²) in [5, 5.41) is 0. The molecule has 2 fully saturated rings. The predicted molar refractivity (Wildman–Crippen MR) is 66.5 cm³/mol. The van der Waals surface area contributed by atoms with E-state index in [9.17, 15) is 0 Å². The summed E-state index contributed by atoms with van der Waals surface area (Å²) in [5.74, 6) is 0. The van der Waals surface area contributed by atoms with Crippen molar-refractivity contribution in [3.8, 4) is 0 Å². The molecule has 3 nitrogen and oxygen atoms in total. The lowest BCUT2D eigenvalue weighted by atomic mass is 9.75. The standard InChI is InChI=1S/C13H26N2O/c1-2-15(11-12-5-3-10-16-12)9-8-13(14)6-4-7-13/h12H,2-11,14H2,1H3. The molecular weight excluding hydrogens is 200 g/mol. The molecule has 0 radical (unpaired) electrons. The molecule has 1 unspecified atom stereocenters. The van der Waals surface area contributed by atoms with Crippen molar-refractivity contribution in [1.29, 1.82) is 0 Å². The lowest BCUT2D eigenvalue weighted by Crippen LogP contribution is -2.49. The minimum Gasteiger partial charge on any atom is -0.377 e. The third-order valence-corrected chi connectivity index (χ3v) is 4.21. The molecule has 3 heteroatoms. The van der Waals surface area contributed by atoms with E-state index in [1.54, 1.807) is 0 Å². The Balaban J connectivity index is 1.67. The van der Waals surface area contributed by atoms with Gasteiger partial charge < -0.3 is 15.4 Å². The second-order valence-corrected chi connectivity index (χ2v) is 5.49. The topological polar surface area (TPSA) is 38.5 Å². The Bertz CT molecular complexity index is 210. The van der Waals surface area contributed by atoms with Gasteiger partial charge in [-0.3, -0.25) is 0 Å². The Kier molecular flexibility index (Phi) is 4.22. The monoisotopic (exact) mass is 226 g/mol. The second kappa shape index (κ2) is 5.48. The smallest absolute Gasteiger partial charge is 0.0702 e. The Morgan fingerprint density at radius 1 is 1.38 bits per heavy atom. The Morgan fingerprint density at radius 2 is 2.19 bits per heavy atom. The number of hydrogen-bond acceptors (Lipinski definition) is 3. The minimum atomic E-state index is 0.171. The highest BCUT2D eigenvalue weighted by molar-refractivity contribution is 4.93. The zero-order valence-electron chi connectivity index (χ0n) is 10.6. The van der Waals surface area contributed by atoms with Crippen LogP contribution in [0.4, 0.5) is 0 Å². The zero-order chi connectivity index (χ0) is 11.4. The van der Waals surface area contributed by atoms with Crippen LogP contribution in [-0.4, -0.2) is 42.8 Å². The second-order valence-electron chi connectivity index (χ2n) is 5.49. The van der Waals surface area contributed by atoms with E-state index < -0.39 is 0 Å². The fourth-order valence-corrected chi connectivity index (χ4v) is 2.72. The number of nitrogens with two attached hydrogens (primary N) is 1. The fraction of sp³-hybridized carbons (Fsp3) is 1.00. The van der Waals surface area contributed by atoms with Crippen LogP contribution < -0.4 is 5.73 Å². The van der Waals surface area contributed by atoms with E-state index in [-0.39, 0.29) is 5.54 Å².